The number of rotatable bonds is 3. The summed E-state index contributed by atoms with van der Waals surface area (Å²) >= 11 is 10.1. The summed E-state index contributed by atoms with van der Waals surface area (Å²) in [6.07, 6.45) is 0. The molecular formula is C19H15ClFeN4OS. The van der Waals surface area contributed by atoms with E-state index in [0.717, 1.165) is 0 Å². The third kappa shape index (κ3) is 4.90. The van der Waals surface area contributed by atoms with Gasteiger partial charge in [0.25, 0.3) is 0 Å². The maximum atomic E-state index is 12.6. The fourth-order valence-corrected chi connectivity index (χ4v) is 2.68. The van der Waals surface area contributed by atoms with E-state index in [1.165, 1.54) is 4.68 Å². The van der Waals surface area contributed by atoms with E-state index >= 15 is 0 Å². The van der Waals surface area contributed by atoms with E-state index in [2.05, 4.69) is 22.8 Å². The van der Waals surface area contributed by atoms with Crippen molar-refractivity contribution in [1.82, 2.24) is 14.9 Å². The van der Waals surface area contributed by atoms with Gasteiger partial charge >= 0.3 is 17.1 Å². The molecule has 0 atom stereocenters. The number of hydrogen-bond donors (Lipinski definition) is 2. The average Bonchev–Trinajstić information content (AvgIpc) is 3.40. The Morgan fingerprint density at radius 3 is 2.33 bits per heavy atom. The minimum Gasteiger partial charge on any atom is -0.335 e. The molecule has 0 aliphatic heterocycles. The molecule has 0 saturated heterocycles. The fraction of sp³-hybridized carbons (Fsp3) is 0. The Kier molecular flexibility index (Phi) is 7.45. The molecule has 3 aromatic carbocycles. The third-order valence-corrected chi connectivity index (χ3v) is 4.17. The topological polar surface area (TPSA) is 73.8 Å². The zero-order valence-electron chi connectivity index (χ0n) is 13.9. The molecule has 0 unspecified atom stereocenters. The van der Waals surface area contributed by atoms with Crippen LogP contribution in [0.2, 0.25) is 5.02 Å². The number of nitrogen functional groups attached to an aromatic ring is 1. The van der Waals surface area contributed by atoms with Crippen molar-refractivity contribution in [1.29, 1.82) is 0 Å². The van der Waals surface area contributed by atoms with Gasteiger partial charge in [-0.25, -0.2) is 16.8 Å². The second kappa shape index (κ2) is 9.57. The molecule has 4 aromatic rings. The Bertz CT molecular complexity index is 980. The number of aromatic nitrogens is 3. The molecule has 5 nitrogen and oxygen atoms in total. The van der Waals surface area contributed by atoms with Crippen LogP contribution in [0.1, 0.15) is 15.9 Å². The largest absolute Gasteiger partial charge is 2.00 e. The van der Waals surface area contributed by atoms with Crippen molar-refractivity contribution in [3.63, 3.8) is 0 Å². The van der Waals surface area contributed by atoms with Crippen LogP contribution in [0.5, 0.6) is 0 Å². The van der Waals surface area contributed by atoms with Crippen LogP contribution >= 0.6 is 24.2 Å². The molecule has 1 heterocycles. The fourth-order valence-electron chi connectivity index (χ4n) is 2.37. The maximum absolute atomic E-state index is 12.6. The van der Waals surface area contributed by atoms with Gasteiger partial charge in [-0.3, -0.25) is 0 Å². The SMILES string of the molecule is Nn1c(S)nnc1-c1ccc(Cl)cc1C(=O)[c-]1cccc1.[Fe+2].c1cc[cH-]c1. The number of benzene rings is 1. The van der Waals surface area contributed by atoms with Crippen molar-refractivity contribution in [3.8, 4) is 11.4 Å². The number of hydrogen-bond acceptors (Lipinski definition) is 5. The number of carbonyl (C=O) groups excluding carboxylic acids is 1. The van der Waals surface area contributed by atoms with Crippen LogP contribution in [0.3, 0.4) is 0 Å². The van der Waals surface area contributed by atoms with Crippen molar-refractivity contribution in [2.75, 3.05) is 5.84 Å². The Morgan fingerprint density at radius 1 is 1.15 bits per heavy atom. The standard InChI is InChI=1S/C14H10ClN4OS.C5H5.Fe/c15-9-5-6-10(13-17-18-14(21)19(13)16)11(7-9)12(20)8-3-1-2-4-8;1-2-4-5-3-1;/h1-7H,16H2,(H,18,21);1-5H;/q2*-1;+2. The van der Waals surface area contributed by atoms with E-state index in [1.54, 1.807) is 42.5 Å². The van der Waals surface area contributed by atoms with Crippen molar-refractivity contribution in [3.05, 3.63) is 88.9 Å². The van der Waals surface area contributed by atoms with Crippen LogP contribution in [-0.2, 0) is 17.1 Å². The molecule has 27 heavy (non-hydrogen) atoms. The summed E-state index contributed by atoms with van der Waals surface area (Å²) in [5.74, 6) is 6.03. The van der Waals surface area contributed by atoms with Gasteiger partial charge in [-0.05, 0) is 17.2 Å². The predicted molar refractivity (Wildman–Crippen MR) is 105 cm³/mol. The molecular weight excluding hydrogens is 424 g/mol. The minimum atomic E-state index is -0.152. The van der Waals surface area contributed by atoms with Crippen molar-refractivity contribution >= 4 is 30.0 Å². The van der Waals surface area contributed by atoms with Crippen LogP contribution in [0, 0.1) is 0 Å². The number of carbonyl (C=O) groups is 1. The van der Waals surface area contributed by atoms with Crippen LogP contribution in [0.25, 0.3) is 11.4 Å². The van der Waals surface area contributed by atoms with Gasteiger partial charge in [-0.1, -0.05) is 29.3 Å². The van der Waals surface area contributed by atoms with Crippen LogP contribution < -0.4 is 5.84 Å². The monoisotopic (exact) mass is 438 g/mol. The summed E-state index contributed by atoms with van der Waals surface area (Å²) in [5, 5.41) is 8.46. The zero-order chi connectivity index (χ0) is 18.5. The average molecular weight is 439 g/mol. The van der Waals surface area contributed by atoms with Gasteiger partial charge in [0.1, 0.15) is 5.78 Å². The maximum Gasteiger partial charge on any atom is 2.00 e. The summed E-state index contributed by atoms with van der Waals surface area (Å²) in [6, 6.07) is 22.0. The van der Waals surface area contributed by atoms with E-state index < -0.39 is 0 Å². The quantitative estimate of drug-likeness (QED) is 0.167. The molecule has 0 bridgehead atoms. The van der Waals surface area contributed by atoms with Crippen molar-refractivity contribution in [2.45, 2.75) is 5.16 Å². The number of nitrogens with zero attached hydrogens (tertiary/aromatic N) is 3. The molecule has 0 aliphatic rings. The van der Waals surface area contributed by atoms with Gasteiger partial charge < -0.3 is 10.6 Å². The molecule has 138 valence electrons. The number of nitrogens with two attached hydrogens (primary N) is 1. The van der Waals surface area contributed by atoms with Gasteiger partial charge in [-0.15, -0.1) is 35.0 Å². The molecule has 4 rings (SSSR count). The summed E-state index contributed by atoms with van der Waals surface area (Å²) < 4.78 is 1.22. The number of halogens is 1. The van der Waals surface area contributed by atoms with E-state index in [-0.39, 0.29) is 28.0 Å². The molecule has 0 radical (unpaired) electrons. The van der Waals surface area contributed by atoms with E-state index in [1.807, 2.05) is 30.3 Å². The van der Waals surface area contributed by atoms with Gasteiger partial charge in [0, 0.05) is 5.02 Å². The molecule has 1 aromatic heterocycles. The molecule has 0 amide bonds. The molecule has 0 fully saturated rings. The van der Waals surface area contributed by atoms with E-state index in [4.69, 9.17) is 17.4 Å². The zero-order valence-corrected chi connectivity index (χ0v) is 16.7. The minimum absolute atomic E-state index is 0. The number of ketones is 1. The predicted octanol–water partition coefficient (Wildman–Crippen LogP) is 3.95. The second-order valence-electron chi connectivity index (χ2n) is 5.35. The Labute approximate surface area is 177 Å². The van der Waals surface area contributed by atoms with Gasteiger partial charge in [0.2, 0.25) is 5.16 Å². The molecule has 0 aliphatic carbocycles. The first-order valence-electron chi connectivity index (χ1n) is 7.70. The van der Waals surface area contributed by atoms with Crippen LogP contribution in [0.15, 0.2) is 78.0 Å². The third-order valence-electron chi connectivity index (χ3n) is 3.63. The van der Waals surface area contributed by atoms with Gasteiger partial charge in [0.15, 0.2) is 5.82 Å². The summed E-state index contributed by atoms with van der Waals surface area (Å²) in [7, 11) is 0. The molecule has 8 heteroatoms. The van der Waals surface area contributed by atoms with Crippen LogP contribution in [-0.4, -0.2) is 20.7 Å². The first-order chi connectivity index (χ1) is 12.6. The molecule has 0 saturated carbocycles. The first-order valence-corrected chi connectivity index (χ1v) is 8.53. The Hall–Kier alpha value is -2.31. The Morgan fingerprint density at radius 2 is 1.81 bits per heavy atom. The van der Waals surface area contributed by atoms with Crippen LogP contribution in [0.4, 0.5) is 0 Å². The van der Waals surface area contributed by atoms with Gasteiger partial charge in [0.05, 0.1) is 0 Å². The molecule has 2 N–H and O–H groups in total. The van der Waals surface area contributed by atoms with Crippen molar-refractivity contribution < 1.29 is 21.9 Å². The van der Waals surface area contributed by atoms with Gasteiger partial charge in [-0.2, -0.15) is 30.3 Å². The van der Waals surface area contributed by atoms with E-state index in [0.29, 0.717) is 27.5 Å². The number of thiol groups is 1. The Balaban J connectivity index is 0.000000379. The molecule has 0 spiro atoms. The first kappa shape index (κ1) is 21.0. The van der Waals surface area contributed by atoms with Crippen molar-refractivity contribution in [2.24, 2.45) is 0 Å². The smallest absolute Gasteiger partial charge is 0.335 e. The summed E-state index contributed by atoms with van der Waals surface area (Å²) in [4.78, 5) is 12.6. The van der Waals surface area contributed by atoms with E-state index in [9.17, 15) is 4.79 Å². The summed E-state index contributed by atoms with van der Waals surface area (Å²) in [5.41, 5.74) is 1.55. The second-order valence-corrected chi connectivity index (χ2v) is 6.18. The summed E-state index contributed by atoms with van der Waals surface area (Å²) in [6.45, 7) is 0. The normalized spacial score (nSPS) is 9.85.